The second kappa shape index (κ2) is 5.63. The third kappa shape index (κ3) is 2.12. The molecule has 0 aliphatic carbocycles. The Kier molecular flexibility index (Phi) is 3.26. The molecule has 1 N–H and O–H groups in total. The van der Waals surface area contributed by atoms with E-state index in [1.807, 2.05) is 13.0 Å². The topological polar surface area (TPSA) is 28.9 Å². The molecule has 2 aromatic heterocycles. The molecule has 0 aliphatic heterocycles. The molecule has 0 saturated heterocycles. The lowest BCUT2D eigenvalue weighted by Gasteiger charge is -2.01. The second-order valence-corrected chi connectivity index (χ2v) is 6.73. The first-order valence-electron chi connectivity index (χ1n) is 8.92. The zero-order chi connectivity index (χ0) is 17.7. The highest BCUT2D eigenvalue weighted by molar-refractivity contribution is 6.23. The van der Waals surface area contributed by atoms with Crippen LogP contribution in [0, 0.1) is 0 Å². The van der Waals surface area contributed by atoms with Gasteiger partial charge in [0.25, 0.3) is 0 Å². The van der Waals surface area contributed by atoms with Gasteiger partial charge in [0.05, 0.1) is 16.4 Å². The Hall–Kier alpha value is -3.26. The number of H-pyrrole nitrogens is 1. The van der Waals surface area contributed by atoms with Gasteiger partial charge in [-0.1, -0.05) is 54.6 Å². The quantitative estimate of drug-likeness (QED) is 0.339. The summed E-state index contributed by atoms with van der Waals surface area (Å²) in [7, 11) is 0. The van der Waals surface area contributed by atoms with Crippen LogP contribution in [0.5, 0.6) is 0 Å². The van der Waals surface area contributed by atoms with Gasteiger partial charge in [-0.3, -0.25) is 0 Å². The lowest BCUT2D eigenvalue weighted by molar-refractivity contribution is 0.673. The van der Waals surface area contributed by atoms with Gasteiger partial charge in [0.1, 0.15) is 5.58 Å². The third-order valence-electron chi connectivity index (χ3n) is 5.10. The summed E-state index contributed by atoms with van der Waals surface area (Å²) in [5.74, 6) is 0. The molecule has 5 rings (SSSR count). The van der Waals surface area contributed by atoms with E-state index in [0.717, 1.165) is 33.0 Å². The molecule has 0 atom stereocenters. The number of furan rings is 1. The number of benzene rings is 3. The highest BCUT2D eigenvalue weighted by atomic mass is 16.3. The summed E-state index contributed by atoms with van der Waals surface area (Å²) >= 11 is 0. The lowest BCUT2D eigenvalue weighted by Crippen LogP contribution is -1.79. The first-order valence-corrected chi connectivity index (χ1v) is 8.92. The zero-order valence-electron chi connectivity index (χ0n) is 14.8. The van der Waals surface area contributed by atoms with Crippen molar-refractivity contribution >= 4 is 49.3 Å². The zero-order valence-corrected chi connectivity index (χ0v) is 14.8. The van der Waals surface area contributed by atoms with Gasteiger partial charge in [-0.15, -0.1) is 0 Å². The van der Waals surface area contributed by atoms with Crippen molar-refractivity contribution in [3.63, 3.8) is 0 Å². The number of allylic oxidation sites excluding steroid dienone is 4. The van der Waals surface area contributed by atoms with Crippen molar-refractivity contribution in [2.75, 3.05) is 0 Å². The summed E-state index contributed by atoms with van der Waals surface area (Å²) in [5, 5.41) is 4.75. The first kappa shape index (κ1) is 15.0. The molecule has 2 heteroatoms. The summed E-state index contributed by atoms with van der Waals surface area (Å²) in [4.78, 5) is 3.58. The van der Waals surface area contributed by atoms with Crippen molar-refractivity contribution in [1.82, 2.24) is 4.98 Å². The molecule has 26 heavy (non-hydrogen) atoms. The van der Waals surface area contributed by atoms with Crippen molar-refractivity contribution < 1.29 is 4.42 Å². The molecule has 0 unspecified atom stereocenters. The number of hydrogen-bond donors (Lipinski definition) is 1. The van der Waals surface area contributed by atoms with Gasteiger partial charge < -0.3 is 9.40 Å². The first-order chi connectivity index (χ1) is 12.8. The molecule has 0 amide bonds. The predicted octanol–water partition coefficient (Wildman–Crippen LogP) is 7.20. The molecule has 126 valence electrons. The summed E-state index contributed by atoms with van der Waals surface area (Å²) < 4.78 is 6.26. The van der Waals surface area contributed by atoms with Crippen LogP contribution in [-0.4, -0.2) is 4.98 Å². The van der Waals surface area contributed by atoms with Crippen LogP contribution < -0.4 is 0 Å². The van der Waals surface area contributed by atoms with Gasteiger partial charge in [0, 0.05) is 5.39 Å². The average Bonchev–Trinajstić information content (AvgIpc) is 3.21. The maximum atomic E-state index is 6.26. The fourth-order valence-corrected chi connectivity index (χ4v) is 3.73. The molecule has 0 saturated carbocycles. The van der Waals surface area contributed by atoms with Crippen LogP contribution in [0.25, 0.3) is 49.3 Å². The van der Waals surface area contributed by atoms with Crippen molar-refractivity contribution in [2.24, 2.45) is 0 Å². The SMILES string of the molecule is C/C=C\C=C(/C)c1ccc2oc3c([nH]c4ccc5ccccc5c43)c2c1. The predicted molar refractivity (Wildman–Crippen MR) is 112 cm³/mol. The molecule has 0 fully saturated rings. The Balaban J connectivity index is 1.85. The molecule has 0 aliphatic rings. The largest absolute Gasteiger partial charge is 0.454 e. The minimum absolute atomic E-state index is 0.920. The molecule has 0 bridgehead atoms. The van der Waals surface area contributed by atoms with E-state index in [9.17, 15) is 0 Å². The molecular formula is C24H19NO. The molecule has 2 heterocycles. The highest BCUT2D eigenvalue weighted by Gasteiger charge is 2.15. The maximum absolute atomic E-state index is 6.26. The number of aromatic nitrogens is 1. The Labute approximate surface area is 151 Å². The molecule has 0 radical (unpaired) electrons. The van der Waals surface area contributed by atoms with Gasteiger partial charge in [-0.05, 0) is 54.0 Å². The lowest BCUT2D eigenvalue weighted by atomic mass is 10.0. The van der Waals surface area contributed by atoms with E-state index in [1.54, 1.807) is 0 Å². The molecule has 5 aromatic rings. The van der Waals surface area contributed by atoms with Crippen LogP contribution >= 0.6 is 0 Å². The van der Waals surface area contributed by atoms with E-state index in [1.165, 1.54) is 21.9 Å². The Morgan fingerprint density at radius 3 is 2.77 bits per heavy atom. The van der Waals surface area contributed by atoms with Gasteiger partial charge in [-0.25, -0.2) is 0 Å². The minimum Gasteiger partial charge on any atom is -0.454 e. The fourth-order valence-electron chi connectivity index (χ4n) is 3.73. The third-order valence-corrected chi connectivity index (χ3v) is 5.10. The van der Waals surface area contributed by atoms with Crippen LogP contribution in [0.4, 0.5) is 0 Å². The number of aromatic amines is 1. The van der Waals surface area contributed by atoms with E-state index >= 15 is 0 Å². The Morgan fingerprint density at radius 1 is 1.00 bits per heavy atom. The van der Waals surface area contributed by atoms with E-state index in [4.69, 9.17) is 4.42 Å². The van der Waals surface area contributed by atoms with Crippen LogP contribution in [0.2, 0.25) is 0 Å². The van der Waals surface area contributed by atoms with Crippen LogP contribution in [-0.2, 0) is 0 Å². The highest BCUT2D eigenvalue weighted by Crippen LogP contribution is 2.38. The summed E-state index contributed by atoms with van der Waals surface area (Å²) in [6.07, 6.45) is 6.25. The normalized spacial score (nSPS) is 13.1. The summed E-state index contributed by atoms with van der Waals surface area (Å²) in [6, 6.07) is 19.2. The van der Waals surface area contributed by atoms with E-state index in [2.05, 4.69) is 78.7 Å². The molecule has 3 aromatic carbocycles. The summed E-state index contributed by atoms with van der Waals surface area (Å²) in [6.45, 7) is 4.17. The molecule has 2 nitrogen and oxygen atoms in total. The number of fused-ring (bicyclic) bond motifs is 7. The Morgan fingerprint density at radius 2 is 1.88 bits per heavy atom. The average molecular weight is 337 g/mol. The number of hydrogen-bond acceptors (Lipinski definition) is 1. The van der Waals surface area contributed by atoms with Gasteiger partial charge in [0.15, 0.2) is 5.58 Å². The molecular weight excluding hydrogens is 318 g/mol. The minimum atomic E-state index is 0.920. The monoisotopic (exact) mass is 337 g/mol. The Bertz CT molecular complexity index is 1340. The molecule has 0 spiro atoms. The van der Waals surface area contributed by atoms with Crippen molar-refractivity contribution in [1.29, 1.82) is 0 Å². The summed E-state index contributed by atoms with van der Waals surface area (Å²) in [5.41, 5.74) is 6.50. The second-order valence-electron chi connectivity index (χ2n) is 6.73. The van der Waals surface area contributed by atoms with Crippen LogP contribution in [0.15, 0.2) is 77.2 Å². The van der Waals surface area contributed by atoms with Gasteiger partial charge in [0.2, 0.25) is 0 Å². The van der Waals surface area contributed by atoms with E-state index in [-0.39, 0.29) is 0 Å². The smallest absolute Gasteiger partial charge is 0.161 e. The van der Waals surface area contributed by atoms with Crippen molar-refractivity contribution in [3.8, 4) is 0 Å². The van der Waals surface area contributed by atoms with Crippen LogP contribution in [0.3, 0.4) is 0 Å². The van der Waals surface area contributed by atoms with E-state index < -0.39 is 0 Å². The van der Waals surface area contributed by atoms with Gasteiger partial charge >= 0.3 is 0 Å². The van der Waals surface area contributed by atoms with E-state index in [0.29, 0.717) is 0 Å². The number of rotatable bonds is 2. The standard InChI is InChI=1S/C24H19NO/c1-3-4-7-15(2)17-11-13-21-19(14-17)23-24(26-21)22-18-9-6-5-8-16(18)10-12-20(22)25-23/h3-14,25H,1-2H3/b4-3-,15-7+. The number of nitrogens with one attached hydrogen (secondary N) is 1. The van der Waals surface area contributed by atoms with Crippen molar-refractivity contribution in [2.45, 2.75) is 13.8 Å². The maximum Gasteiger partial charge on any atom is 0.161 e. The van der Waals surface area contributed by atoms with Crippen LogP contribution in [0.1, 0.15) is 19.4 Å². The fraction of sp³-hybridized carbons (Fsp3) is 0.0833. The van der Waals surface area contributed by atoms with Gasteiger partial charge in [-0.2, -0.15) is 0 Å². The van der Waals surface area contributed by atoms with Crippen molar-refractivity contribution in [3.05, 3.63) is 78.4 Å².